The molecule has 140 valence electrons. The summed E-state index contributed by atoms with van der Waals surface area (Å²) < 4.78 is 13.5. The maximum absolute atomic E-state index is 12.6. The minimum Gasteiger partial charge on any atom is -0.493 e. The van der Waals surface area contributed by atoms with Crippen LogP contribution in [0.1, 0.15) is 17.8 Å². The third-order valence-corrected chi connectivity index (χ3v) is 4.71. The van der Waals surface area contributed by atoms with Gasteiger partial charge in [0, 0.05) is 39.5 Å². The molecule has 1 aliphatic heterocycles. The number of ether oxygens (including phenoxy) is 2. The number of hydrogen-bond donors (Lipinski definition) is 0. The minimum atomic E-state index is -0.125. The van der Waals surface area contributed by atoms with Crippen molar-refractivity contribution in [2.75, 3.05) is 27.3 Å². The van der Waals surface area contributed by atoms with Gasteiger partial charge in [0.1, 0.15) is 5.82 Å². The van der Waals surface area contributed by atoms with Crippen molar-refractivity contribution < 1.29 is 14.3 Å². The highest BCUT2D eigenvalue weighted by molar-refractivity contribution is 5.76. The molecule has 0 radical (unpaired) electrons. The average Bonchev–Trinajstić information content (AvgIpc) is 2.82. The molecule has 0 atom stereocenters. The van der Waals surface area contributed by atoms with Crippen molar-refractivity contribution in [1.29, 1.82) is 0 Å². The molecule has 1 aromatic carbocycles. The molecule has 0 unspecified atom stereocenters. The third kappa shape index (κ3) is 3.58. The molecule has 0 saturated heterocycles. The van der Waals surface area contributed by atoms with Gasteiger partial charge in [-0.05, 0) is 24.1 Å². The van der Waals surface area contributed by atoms with Crippen LogP contribution in [0.5, 0.6) is 11.5 Å². The highest BCUT2D eigenvalue weighted by atomic mass is 16.5. The van der Waals surface area contributed by atoms with E-state index in [-0.39, 0.29) is 11.6 Å². The molecule has 0 fully saturated rings. The van der Waals surface area contributed by atoms with Gasteiger partial charge < -0.3 is 14.4 Å². The Morgan fingerprint density at radius 1 is 1.15 bits per heavy atom. The van der Waals surface area contributed by atoms with E-state index in [0.29, 0.717) is 50.4 Å². The van der Waals surface area contributed by atoms with E-state index in [4.69, 9.17) is 9.47 Å². The quantitative estimate of drug-likeness (QED) is 0.781. The molecule has 1 amide bonds. The normalized spacial score (nSPS) is 13.9. The summed E-state index contributed by atoms with van der Waals surface area (Å²) in [6, 6.07) is 5.68. The molecular formula is C18H24N4O4. The number of carbonyl (C=O) groups is 1. The Morgan fingerprint density at radius 2 is 1.92 bits per heavy atom. The molecule has 0 aliphatic carbocycles. The topological polar surface area (TPSA) is 78.6 Å². The lowest BCUT2D eigenvalue weighted by atomic mass is 10.1. The van der Waals surface area contributed by atoms with Crippen LogP contribution in [0.3, 0.4) is 0 Å². The van der Waals surface area contributed by atoms with Gasteiger partial charge in [-0.1, -0.05) is 6.07 Å². The second-order valence-corrected chi connectivity index (χ2v) is 6.29. The maximum atomic E-state index is 12.6. The van der Waals surface area contributed by atoms with Crippen molar-refractivity contribution in [3.05, 3.63) is 40.1 Å². The zero-order valence-corrected chi connectivity index (χ0v) is 15.4. The van der Waals surface area contributed by atoms with Crippen LogP contribution in [0.2, 0.25) is 0 Å². The highest BCUT2D eigenvalue weighted by Crippen LogP contribution is 2.28. The van der Waals surface area contributed by atoms with E-state index in [9.17, 15) is 9.59 Å². The molecule has 0 bridgehead atoms. The number of fused-ring (bicyclic) bond motifs is 1. The number of benzene rings is 1. The summed E-state index contributed by atoms with van der Waals surface area (Å²) in [6.45, 7) is 1.61. The minimum absolute atomic E-state index is 0.0855. The number of carbonyl (C=O) groups excluding carboxylic acids is 1. The first kappa shape index (κ1) is 18.0. The molecule has 0 N–H and O–H groups in total. The SMILES string of the molecule is COc1ccc(CCC(=O)N2CCc3nn(C)c(=O)n3CC2)cc1OC. The van der Waals surface area contributed by atoms with Crippen molar-refractivity contribution in [3.63, 3.8) is 0 Å². The fourth-order valence-corrected chi connectivity index (χ4v) is 3.23. The van der Waals surface area contributed by atoms with Crippen molar-refractivity contribution in [1.82, 2.24) is 19.2 Å². The van der Waals surface area contributed by atoms with Gasteiger partial charge in [0.25, 0.3) is 0 Å². The lowest BCUT2D eigenvalue weighted by Crippen LogP contribution is -2.35. The first-order valence-corrected chi connectivity index (χ1v) is 8.65. The summed E-state index contributed by atoms with van der Waals surface area (Å²) in [5.41, 5.74) is 0.896. The van der Waals surface area contributed by atoms with Crippen LogP contribution >= 0.6 is 0 Å². The van der Waals surface area contributed by atoms with Crippen LogP contribution in [0.25, 0.3) is 0 Å². The molecule has 2 aromatic rings. The van der Waals surface area contributed by atoms with E-state index < -0.39 is 0 Å². The lowest BCUT2D eigenvalue weighted by molar-refractivity contribution is -0.131. The first-order valence-electron chi connectivity index (χ1n) is 8.65. The van der Waals surface area contributed by atoms with Gasteiger partial charge in [0.15, 0.2) is 11.5 Å². The smallest absolute Gasteiger partial charge is 0.345 e. The molecule has 1 aromatic heterocycles. The van der Waals surface area contributed by atoms with Crippen LogP contribution in [0, 0.1) is 0 Å². The molecule has 2 heterocycles. The number of amides is 1. The summed E-state index contributed by atoms with van der Waals surface area (Å²) in [5, 5.41) is 4.24. The van der Waals surface area contributed by atoms with Crippen molar-refractivity contribution in [2.45, 2.75) is 25.8 Å². The van der Waals surface area contributed by atoms with Gasteiger partial charge in [-0.25, -0.2) is 9.48 Å². The molecule has 1 aliphatic rings. The largest absolute Gasteiger partial charge is 0.493 e. The number of nitrogens with zero attached hydrogens (tertiary/aromatic N) is 4. The third-order valence-electron chi connectivity index (χ3n) is 4.71. The van der Waals surface area contributed by atoms with E-state index in [1.807, 2.05) is 23.1 Å². The molecule has 26 heavy (non-hydrogen) atoms. The summed E-state index contributed by atoms with van der Waals surface area (Å²) in [6.07, 6.45) is 1.63. The van der Waals surface area contributed by atoms with Crippen molar-refractivity contribution in [3.8, 4) is 11.5 Å². The Hall–Kier alpha value is -2.77. The summed E-state index contributed by atoms with van der Waals surface area (Å²) in [4.78, 5) is 26.4. The maximum Gasteiger partial charge on any atom is 0.345 e. The predicted octanol–water partition coefficient (Wildman–Crippen LogP) is 0.617. The van der Waals surface area contributed by atoms with Crippen LogP contribution in [0.4, 0.5) is 0 Å². The van der Waals surface area contributed by atoms with Gasteiger partial charge in [0.2, 0.25) is 5.91 Å². The van der Waals surface area contributed by atoms with Crippen molar-refractivity contribution >= 4 is 5.91 Å². The molecule has 3 rings (SSSR count). The Bertz CT molecular complexity index is 855. The number of aromatic nitrogens is 3. The fraction of sp³-hybridized carbons (Fsp3) is 0.500. The van der Waals surface area contributed by atoms with Crippen LogP contribution < -0.4 is 15.2 Å². The fourth-order valence-electron chi connectivity index (χ4n) is 3.23. The van der Waals surface area contributed by atoms with Gasteiger partial charge in [-0.15, -0.1) is 0 Å². The van der Waals surface area contributed by atoms with E-state index in [1.165, 1.54) is 4.68 Å². The Kier molecular flexibility index (Phi) is 5.29. The summed E-state index contributed by atoms with van der Waals surface area (Å²) >= 11 is 0. The number of methoxy groups -OCH3 is 2. The number of rotatable bonds is 5. The van der Waals surface area contributed by atoms with E-state index in [0.717, 1.165) is 11.4 Å². The second-order valence-electron chi connectivity index (χ2n) is 6.29. The first-order chi connectivity index (χ1) is 12.5. The number of hydrogen-bond acceptors (Lipinski definition) is 5. The van der Waals surface area contributed by atoms with Gasteiger partial charge >= 0.3 is 5.69 Å². The molecule has 8 heteroatoms. The lowest BCUT2D eigenvalue weighted by Gasteiger charge is -2.20. The average molecular weight is 360 g/mol. The highest BCUT2D eigenvalue weighted by Gasteiger charge is 2.21. The van der Waals surface area contributed by atoms with E-state index in [1.54, 1.807) is 25.8 Å². The monoisotopic (exact) mass is 360 g/mol. The number of aryl methyl sites for hydroxylation is 2. The van der Waals surface area contributed by atoms with Crippen LogP contribution in [-0.4, -0.2) is 52.5 Å². The Morgan fingerprint density at radius 3 is 2.65 bits per heavy atom. The van der Waals surface area contributed by atoms with Gasteiger partial charge in [-0.2, -0.15) is 5.10 Å². The van der Waals surface area contributed by atoms with Crippen LogP contribution in [0.15, 0.2) is 23.0 Å². The molecule has 8 nitrogen and oxygen atoms in total. The van der Waals surface area contributed by atoms with E-state index >= 15 is 0 Å². The van der Waals surface area contributed by atoms with Crippen LogP contribution in [-0.2, 0) is 31.2 Å². The Labute approximate surface area is 151 Å². The second kappa shape index (κ2) is 7.63. The summed E-state index contributed by atoms with van der Waals surface area (Å²) in [7, 11) is 4.84. The Balaban J connectivity index is 1.60. The zero-order chi connectivity index (χ0) is 18.7. The molecule has 0 saturated carbocycles. The zero-order valence-electron chi connectivity index (χ0n) is 15.4. The van der Waals surface area contributed by atoms with Gasteiger partial charge in [0.05, 0.1) is 14.2 Å². The molecular weight excluding hydrogens is 336 g/mol. The summed E-state index contributed by atoms with van der Waals surface area (Å²) in [5.74, 6) is 2.16. The predicted molar refractivity (Wildman–Crippen MR) is 95.6 cm³/mol. The standard InChI is InChI=1S/C18H24N4O4/c1-20-18(24)22-11-10-21(9-8-16(22)19-20)17(23)7-5-13-4-6-14(25-2)15(12-13)26-3/h4,6,12H,5,7-11H2,1-3H3. The van der Waals surface area contributed by atoms with E-state index in [2.05, 4.69) is 5.10 Å². The molecule has 0 spiro atoms. The van der Waals surface area contributed by atoms with Crippen molar-refractivity contribution in [2.24, 2.45) is 7.05 Å². The van der Waals surface area contributed by atoms with Gasteiger partial charge in [-0.3, -0.25) is 9.36 Å².